The highest BCUT2D eigenvalue weighted by Gasteiger charge is 2.38. The molecule has 0 amide bonds. The van der Waals surface area contributed by atoms with Gasteiger partial charge in [-0.15, -0.1) is 0 Å². The predicted molar refractivity (Wildman–Crippen MR) is 127 cm³/mol. The van der Waals surface area contributed by atoms with Crippen molar-refractivity contribution in [3.05, 3.63) is 83.3 Å². The predicted octanol–water partition coefficient (Wildman–Crippen LogP) is 4.86. The maximum Gasteiger partial charge on any atom is 0.417 e. The van der Waals surface area contributed by atoms with Crippen LogP contribution in [0.25, 0.3) is 11.1 Å². The Hall–Kier alpha value is -4.54. The molecule has 2 aromatic heterocycles. The monoisotopic (exact) mass is 491 g/mol. The molecule has 0 aliphatic carbocycles. The molecule has 0 fully saturated rings. The van der Waals surface area contributed by atoms with Crippen molar-refractivity contribution in [2.45, 2.75) is 25.1 Å². The Bertz CT molecular complexity index is 1340. The number of ether oxygens (including phenoxy) is 1. The summed E-state index contributed by atoms with van der Waals surface area (Å²) >= 11 is 0. The van der Waals surface area contributed by atoms with Crippen LogP contribution in [0.5, 0.6) is 5.75 Å². The van der Waals surface area contributed by atoms with Gasteiger partial charge in [-0.05, 0) is 42.5 Å². The van der Waals surface area contributed by atoms with Gasteiger partial charge in [0, 0.05) is 24.4 Å². The summed E-state index contributed by atoms with van der Waals surface area (Å²) in [5, 5.41) is 28.9. The number of hydrogen-bond acceptors (Lipinski definition) is 7. The van der Waals surface area contributed by atoms with Gasteiger partial charge in [-0.25, -0.2) is 9.98 Å². The van der Waals surface area contributed by atoms with Crippen LogP contribution < -0.4 is 4.74 Å². The van der Waals surface area contributed by atoms with E-state index in [1.165, 1.54) is 24.3 Å². The van der Waals surface area contributed by atoms with Crippen LogP contribution in [0.2, 0.25) is 0 Å². The fourth-order valence-electron chi connectivity index (χ4n) is 3.46. The smallest absolute Gasteiger partial charge is 0.417 e. The molecule has 1 aromatic carbocycles. The number of halogens is 3. The molecule has 0 spiro atoms. The van der Waals surface area contributed by atoms with Crippen molar-refractivity contribution in [2.24, 2.45) is 4.99 Å². The van der Waals surface area contributed by atoms with E-state index in [2.05, 4.69) is 34.3 Å². The molecule has 0 bridgehead atoms. The third-order valence-electron chi connectivity index (χ3n) is 5.15. The van der Waals surface area contributed by atoms with Gasteiger partial charge in [-0.3, -0.25) is 4.98 Å². The van der Waals surface area contributed by atoms with Crippen molar-refractivity contribution in [2.75, 3.05) is 6.61 Å². The minimum Gasteiger partial charge on any atom is -0.491 e. The van der Waals surface area contributed by atoms with Gasteiger partial charge in [0.25, 0.3) is 0 Å². The maximum absolute atomic E-state index is 12.5. The summed E-state index contributed by atoms with van der Waals surface area (Å²) in [6, 6.07) is 13.6. The molecule has 3 aromatic rings. The number of aliphatic hydroxyl groups is 1. The van der Waals surface area contributed by atoms with Gasteiger partial charge in [-0.2, -0.15) is 23.7 Å². The van der Waals surface area contributed by atoms with E-state index in [0.29, 0.717) is 17.7 Å². The van der Waals surface area contributed by atoms with E-state index < -0.39 is 18.9 Å². The molecule has 182 valence electrons. The maximum atomic E-state index is 12.5. The average Bonchev–Trinajstić information content (AvgIpc) is 2.86. The largest absolute Gasteiger partial charge is 0.491 e. The second-order valence-electron chi connectivity index (χ2n) is 7.75. The second kappa shape index (κ2) is 11.3. The van der Waals surface area contributed by atoms with E-state index >= 15 is 0 Å². The summed E-state index contributed by atoms with van der Waals surface area (Å²) in [5.41, 5.74) is 2.92. The van der Waals surface area contributed by atoms with Crippen LogP contribution in [0.3, 0.4) is 0 Å². The summed E-state index contributed by atoms with van der Waals surface area (Å²) < 4.78 is 42.5. The molecule has 36 heavy (non-hydrogen) atoms. The molecule has 1 unspecified atom stereocenters. The lowest BCUT2D eigenvalue weighted by molar-refractivity contribution is -0.210. The van der Waals surface area contributed by atoms with Crippen LogP contribution in [-0.4, -0.2) is 40.7 Å². The fraction of sp³-hybridized carbons (Fsp3) is 0.192. The molecule has 2 heterocycles. The van der Waals surface area contributed by atoms with E-state index in [9.17, 15) is 23.7 Å². The Morgan fingerprint density at radius 2 is 1.81 bits per heavy atom. The van der Waals surface area contributed by atoms with Crippen LogP contribution in [0, 0.1) is 22.7 Å². The molecule has 3 rings (SSSR count). The molecular weight excluding hydrogens is 471 g/mol. The number of pyridine rings is 2. The molecule has 1 N–H and O–H groups in total. The first-order valence-corrected chi connectivity index (χ1v) is 10.5. The van der Waals surface area contributed by atoms with E-state index in [4.69, 9.17) is 9.84 Å². The van der Waals surface area contributed by atoms with Gasteiger partial charge >= 0.3 is 6.18 Å². The van der Waals surface area contributed by atoms with Gasteiger partial charge in [0.2, 0.25) is 0 Å². The fourth-order valence-corrected chi connectivity index (χ4v) is 3.46. The topological polar surface area (TPSA) is 115 Å². The van der Waals surface area contributed by atoms with Crippen molar-refractivity contribution < 1.29 is 23.0 Å². The summed E-state index contributed by atoms with van der Waals surface area (Å²) in [4.78, 5) is 12.3. The highest BCUT2D eigenvalue weighted by atomic mass is 19.4. The Balaban J connectivity index is 1.96. The van der Waals surface area contributed by atoms with Crippen LogP contribution in [0.4, 0.5) is 19.0 Å². The SMILES string of the molecule is C=Nc1nc(CC(=C)Cc2cccnc2)c(C#N)c(-c2ccc(OCC(O)C(F)(F)F)cc2)c1C#N. The van der Waals surface area contributed by atoms with Crippen molar-refractivity contribution >= 4 is 12.5 Å². The number of nitrogens with zero attached hydrogens (tertiary/aromatic N) is 5. The van der Waals surface area contributed by atoms with Crippen LogP contribution >= 0.6 is 0 Å². The zero-order valence-electron chi connectivity index (χ0n) is 19.0. The number of rotatable bonds is 9. The number of aliphatic hydroxyl groups excluding tert-OH is 1. The van der Waals surface area contributed by atoms with Crippen LogP contribution in [0.1, 0.15) is 22.4 Å². The number of allylic oxidation sites excluding steroid dienone is 1. The normalized spacial score (nSPS) is 11.7. The lowest BCUT2D eigenvalue weighted by Gasteiger charge is -2.16. The van der Waals surface area contributed by atoms with Gasteiger partial charge in [0.1, 0.15) is 30.1 Å². The van der Waals surface area contributed by atoms with E-state index in [1.807, 2.05) is 12.1 Å². The number of nitriles is 2. The summed E-state index contributed by atoms with van der Waals surface area (Å²) in [6.45, 7) is 6.59. The van der Waals surface area contributed by atoms with Gasteiger partial charge in [-0.1, -0.05) is 30.4 Å². The first-order valence-electron chi connectivity index (χ1n) is 10.5. The first-order chi connectivity index (χ1) is 17.2. The Labute approximate surface area is 205 Å². The minimum absolute atomic E-state index is 0.0318. The molecule has 0 saturated carbocycles. The van der Waals surface area contributed by atoms with E-state index in [0.717, 1.165) is 11.1 Å². The lowest BCUT2D eigenvalue weighted by atomic mass is 9.92. The quantitative estimate of drug-likeness (QED) is 0.338. The number of aliphatic imine (C=N–C) groups is 1. The third-order valence-corrected chi connectivity index (χ3v) is 5.15. The van der Waals surface area contributed by atoms with Gasteiger partial charge < -0.3 is 9.84 Å². The van der Waals surface area contributed by atoms with Crippen LogP contribution in [0.15, 0.2) is 65.9 Å². The zero-order chi connectivity index (χ0) is 26.3. The van der Waals surface area contributed by atoms with Crippen molar-refractivity contribution in [1.82, 2.24) is 9.97 Å². The summed E-state index contributed by atoms with van der Waals surface area (Å²) in [6.07, 6.45) is -3.33. The Kier molecular flexibility index (Phi) is 8.15. The highest BCUT2D eigenvalue weighted by molar-refractivity contribution is 5.82. The standard InChI is InChI=1S/C26H20F3N5O2/c1-16(10-17-4-3-9-33-14-17)11-22-20(12-30)24(21(13-31)25(32-2)34-22)18-5-7-19(8-6-18)36-15-23(35)26(27,28)29/h3-9,14,23,35H,1-2,10-11,15H2. The van der Waals surface area contributed by atoms with Crippen LogP contribution in [-0.2, 0) is 12.8 Å². The minimum atomic E-state index is -4.80. The molecule has 0 radical (unpaired) electrons. The molecule has 0 aliphatic heterocycles. The average molecular weight is 491 g/mol. The number of alkyl halides is 3. The van der Waals surface area contributed by atoms with Crippen molar-refractivity contribution in [3.63, 3.8) is 0 Å². The third kappa shape index (κ3) is 6.12. The summed E-state index contributed by atoms with van der Waals surface area (Å²) in [7, 11) is 0. The molecule has 0 aliphatic rings. The lowest BCUT2D eigenvalue weighted by Crippen LogP contribution is -2.34. The zero-order valence-corrected chi connectivity index (χ0v) is 19.0. The summed E-state index contributed by atoms with van der Waals surface area (Å²) in [5.74, 6) is 0.115. The molecule has 10 heteroatoms. The highest BCUT2D eigenvalue weighted by Crippen LogP contribution is 2.35. The number of benzene rings is 1. The Morgan fingerprint density at radius 3 is 2.36 bits per heavy atom. The molecule has 0 saturated heterocycles. The number of hydrogen-bond donors (Lipinski definition) is 1. The van der Waals surface area contributed by atoms with Gasteiger partial charge in [0.05, 0.1) is 11.3 Å². The number of aromatic nitrogens is 2. The second-order valence-corrected chi connectivity index (χ2v) is 7.75. The molecule has 1 atom stereocenters. The van der Waals surface area contributed by atoms with Crippen molar-refractivity contribution in [1.29, 1.82) is 10.5 Å². The van der Waals surface area contributed by atoms with Gasteiger partial charge in [0.15, 0.2) is 11.9 Å². The first kappa shape index (κ1) is 26.1. The van der Waals surface area contributed by atoms with E-state index in [1.54, 1.807) is 18.5 Å². The molecular formula is C26H20F3N5O2. The molecule has 7 nitrogen and oxygen atoms in total. The Morgan fingerprint density at radius 1 is 1.11 bits per heavy atom. The van der Waals surface area contributed by atoms with E-state index in [-0.39, 0.29) is 34.7 Å². The van der Waals surface area contributed by atoms with Crippen molar-refractivity contribution in [3.8, 4) is 29.0 Å².